The molecule has 0 saturated carbocycles. The normalized spacial score (nSPS) is 17.9. The van der Waals surface area contributed by atoms with Gasteiger partial charge in [0, 0.05) is 31.8 Å². The third-order valence-corrected chi connectivity index (χ3v) is 4.14. The number of methoxy groups -OCH3 is 1. The van der Waals surface area contributed by atoms with Crippen LogP contribution < -0.4 is 15.2 Å². The summed E-state index contributed by atoms with van der Waals surface area (Å²) in [5, 5.41) is 9.23. The zero-order valence-electron chi connectivity index (χ0n) is 13.7. The molecule has 0 unspecified atom stereocenters. The topological polar surface area (TPSA) is 85.0 Å². The average molecular weight is 322 g/mol. The van der Waals surface area contributed by atoms with Crippen LogP contribution in [0.4, 0.5) is 0 Å². The van der Waals surface area contributed by atoms with Crippen molar-refractivity contribution in [3.05, 3.63) is 23.8 Å². The summed E-state index contributed by atoms with van der Waals surface area (Å²) in [6, 6.07) is 5.30. The first-order valence-corrected chi connectivity index (χ1v) is 8.14. The highest BCUT2D eigenvalue weighted by molar-refractivity contribution is 5.97. The molecule has 0 spiro atoms. The fourth-order valence-corrected chi connectivity index (χ4v) is 2.97. The van der Waals surface area contributed by atoms with Crippen LogP contribution >= 0.6 is 0 Å². The highest BCUT2D eigenvalue weighted by Gasteiger charge is 2.28. The minimum Gasteiger partial charge on any atom is -0.497 e. The Hall–Kier alpha value is -1.79. The Kier molecular flexibility index (Phi) is 6.67. The number of hydrogen-bond acceptors (Lipinski definition) is 5. The van der Waals surface area contributed by atoms with Gasteiger partial charge in [-0.05, 0) is 37.8 Å². The molecule has 1 heterocycles. The smallest absolute Gasteiger partial charge is 0.257 e. The molecule has 1 aromatic rings. The summed E-state index contributed by atoms with van der Waals surface area (Å²) in [6.07, 6.45) is 3.62. The highest BCUT2D eigenvalue weighted by atomic mass is 16.5. The van der Waals surface area contributed by atoms with Gasteiger partial charge in [-0.2, -0.15) is 0 Å². The number of likely N-dealkylation sites (tertiary alicyclic amines) is 1. The van der Waals surface area contributed by atoms with Gasteiger partial charge in [-0.3, -0.25) is 4.79 Å². The van der Waals surface area contributed by atoms with Gasteiger partial charge in [-0.15, -0.1) is 0 Å². The lowest BCUT2D eigenvalue weighted by molar-refractivity contribution is 0.0570. The molecule has 1 fully saturated rings. The Labute approximate surface area is 137 Å². The molecule has 1 atom stereocenters. The first-order valence-electron chi connectivity index (χ1n) is 8.14. The number of amides is 1. The molecule has 1 aliphatic rings. The molecule has 3 N–H and O–H groups in total. The van der Waals surface area contributed by atoms with Crippen molar-refractivity contribution in [2.24, 2.45) is 5.73 Å². The van der Waals surface area contributed by atoms with Gasteiger partial charge >= 0.3 is 0 Å². The predicted molar refractivity (Wildman–Crippen MR) is 87.9 cm³/mol. The van der Waals surface area contributed by atoms with Crippen LogP contribution in [-0.2, 0) is 0 Å². The van der Waals surface area contributed by atoms with Crippen molar-refractivity contribution in [2.45, 2.75) is 31.7 Å². The maximum Gasteiger partial charge on any atom is 0.257 e. The van der Waals surface area contributed by atoms with E-state index in [1.54, 1.807) is 25.3 Å². The molecule has 0 aromatic heterocycles. The van der Waals surface area contributed by atoms with E-state index in [-0.39, 0.29) is 18.6 Å². The number of ether oxygens (including phenoxy) is 2. The van der Waals surface area contributed by atoms with Crippen LogP contribution in [0.25, 0.3) is 0 Å². The van der Waals surface area contributed by atoms with E-state index in [0.29, 0.717) is 43.2 Å². The number of rotatable bonds is 7. The van der Waals surface area contributed by atoms with Gasteiger partial charge in [0.2, 0.25) is 0 Å². The number of piperidine rings is 1. The number of carbonyl (C=O) groups excluding carboxylic acids is 1. The Balaban J connectivity index is 2.25. The monoisotopic (exact) mass is 322 g/mol. The molecule has 6 nitrogen and oxygen atoms in total. The molecule has 0 radical (unpaired) electrons. The third kappa shape index (κ3) is 4.36. The summed E-state index contributed by atoms with van der Waals surface area (Å²) in [5.74, 6) is 1.07. The zero-order valence-corrected chi connectivity index (χ0v) is 13.7. The van der Waals surface area contributed by atoms with Crippen LogP contribution in [0, 0.1) is 0 Å². The van der Waals surface area contributed by atoms with Gasteiger partial charge in [-0.1, -0.05) is 0 Å². The van der Waals surface area contributed by atoms with Gasteiger partial charge in [0.15, 0.2) is 0 Å². The van der Waals surface area contributed by atoms with Gasteiger partial charge in [0.05, 0.1) is 12.7 Å². The molecule has 1 aromatic carbocycles. The Morgan fingerprint density at radius 2 is 2.26 bits per heavy atom. The Bertz CT molecular complexity index is 519. The number of carbonyl (C=O) groups is 1. The molecular weight excluding hydrogens is 296 g/mol. The third-order valence-electron chi connectivity index (χ3n) is 4.14. The van der Waals surface area contributed by atoms with Gasteiger partial charge in [0.25, 0.3) is 5.91 Å². The van der Waals surface area contributed by atoms with Crippen LogP contribution in [0.1, 0.15) is 36.0 Å². The van der Waals surface area contributed by atoms with Crippen LogP contribution in [-0.4, -0.2) is 55.4 Å². The molecule has 2 rings (SSSR count). The second kappa shape index (κ2) is 8.74. The first kappa shape index (κ1) is 17.6. The molecule has 1 saturated heterocycles. The zero-order chi connectivity index (χ0) is 16.7. The van der Waals surface area contributed by atoms with Crippen molar-refractivity contribution in [1.29, 1.82) is 0 Å². The number of aliphatic hydroxyl groups is 1. The molecule has 6 heteroatoms. The van der Waals surface area contributed by atoms with Gasteiger partial charge in [0.1, 0.15) is 18.1 Å². The average Bonchev–Trinajstić information content (AvgIpc) is 2.60. The van der Waals surface area contributed by atoms with Gasteiger partial charge < -0.3 is 25.2 Å². The first-order chi connectivity index (χ1) is 11.2. The molecule has 128 valence electrons. The summed E-state index contributed by atoms with van der Waals surface area (Å²) in [7, 11) is 1.57. The minimum atomic E-state index is -0.0576. The number of benzene rings is 1. The Morgan fingerprint density at radius 3 is 2.96 bits per heavy atom. The van der Waals surface area contributed by atoms with E-state index in [4.69, 9.17) is 15.2 Å². The molecule has 0 aliphatic carbocycles. The van der Waals surface area contributed by atoms with Crippen LogP contribution in [0.3, 0.4) is 0 Å². The quantitative estimate of drug-likeness (QED) is 0.793. The Morgan fingerprint density at radius 1 is 1.43 bits per heavy atom. The van der Waals surface area contributed by atoms with E-state index in [1.807, 2.05) is 4.90 Å². The van der Waals surface area contributed by atoms with Crippen molar-refractivity contribution in [1.82, 2.24) is 4.90 Å². The van der Waals surface area contributed by atoms with E-state index in [1.165, 1.54) is 0 Å². The fourth-order valence-electron chi connectivity index (χ4n) is 2.97. The molecular formula is C17H26N2O4. The van der Waals surface area contributed by atoms with Crippen molar-refractivity contribution in [3.63, 3.8) is 0 Å². The second-order valence-corrected chi connectivity index (χ2v) is 5.66. The van der Waals surface area contributed by atoms with Crippen LogP contribution in [0.2, 0.25) is 0 Å². The molecule has 1 aliphatic heterocycles. The van der Waals surface area contributed by atoms with Crippen molar-refractivity contribution < 1.29 is 19.4 Å². The van der Waals surface area contributed by atoms with E-state index in [9.17, 15) is 9.90 Å². The largest absolute Gasteiger partial charge is 0.497 e. The maximum absolute atomic E-state index is 13.0. The maximum atomic E-state index is 13.0. The van der Waals surface area contributed by atoms with Crippen molar-refractivity contribution in [2.75, 3.05) is 33.4 Å². The van der Waals surface area contributed by atoms with E-state index in [2.05, 4.69) is 0 Å². The standard InChI is InChI=1S/C17H26N2O4/c1-22-14-5-6-15(16(12-14)23-11-8-18)17(21)19-9-3-2-4-13(19)7-10-20/h5-6,12-13,20H,2-4,7-11,18H2,1H3/t13-/m1/s1. The molecule has 1 amide bonds. The summed E-state index contributed by atoms with van der Waals surface area (Å²) in [5.41, 5.74) is 6.02. The summed E-state index contributed by atoms with van der Waals surface area (Å²) in [4.78, 5) is 14.8. The van der Waals surface area contributed by atoms with Crippen molar-refractivity contribution in [3.8, 4) is 11.5 Å². The highest BCUT2D eigenvalue weighted by Crippen LogP contribution is 2.29. The number of hydrogen-bond donors (Lipinski definition) is 2. The summed E-state index contributed by atoms with van der Waals surface area (Å²) < 4.78 is 10.8. The lowest BCUT2D eigenvalue weighted by Gasteiger charge is -2.36. The predicted octanol–water partition coefficient (Wildman–Crippen LogP) is 1.41. The summed E-state index contributed by atoms with van der Waals surface area (Å²) >= 11 is 0. The number of aliphatic hydroxyl groups excluding tert-OH is 1. The SMILES string of the molecule is COc1ccc(C(=O)N2CCCC[C@@H]2CCO)c(OCCN)c1. The number of nitrogens with two attached hydrogens (primary N) is 1. The fraction of sp³-hybridized carbons (Fsp3) is 0.588. The summed E-state index contributed by atoms with van der Waals surface area (Å²) in [6.45, 7) is 1.52. The van der Waals surface area contributed by atoms with E-state index < -0.39 is 0 Å². The minimum absolute atomic E-state index is 0.0576. The molecule has 23 heavy (non-hydrogen) atoms. The second-order valence-electron chi connectivity index (χ2n) is 5.66. The lowest BCUT2D eigenvalue weighted by Crippen LogP contribution is -2.44. The van der Waals surface area contributed by atoms with Gasteiger partial charge in [-0.25, -0.2) is 0 Å². The number of nitrogens with zero attached hydrogens (tertiary/aromatic N) is 1. The van der Waals surface area contributed by atoms with Crippen LogP contribution in [0.15, 0.2) is 18.2 Å². The van der Waals surface area contributed by atoms with Crippen molar-refractivity contribution >= 4 is 5.91 Å². The molecule has 0 bridgehead atoms. The lowest BCUT2D eigenvalue weighted by atomic mass is 9.98. The van der Waals surface area contributed by atoms with E-state index in [0.717, 1.165) is 19.3 Å². The van der Waals surface area contributed by atoms with Crippen LogP contribution in [0.5, 0.6) is 11.5 Å². The van der Waals surface area contributed by atoms with E-state index >= 15 is 0 Å².